The molecule has 0 fully saturated rings. The molecule has 0 spiro atoms. The molecule has 0 N–H and O–H groups in total. The molecular formula is C18H24N2OS. The summed E-state index contributed by atoms with van der Waals surface area (Å²) in [6, 6.07) is 8.18. The van der Waals surface area contributed by atoms with Crippen molar-refractivity contribution in [3.63, 3.8) is 0 Å². The fourth-order valence-corrected chi connectivity index (χ4v) is 3.13. The highest BCUT2D eigenvalue weighted by Gasteiger charge is 2.11. The van der Waals surface area contributed by atoms with Gasteiger partial charge in [-0.1, -0.05) is 37.7 Å². The first-order valence-electron chi connectivity index (χ1n) is 7.67. The predicted molar refractivity (Wildman–Crippen MR) is 92.9 cm³/mol. The molecule has 0 amide bonds. The van der Waals surface area contributed by atoms with Crippen LogP contribution in [-0.2, 0) is 6.42 Å². The van der Waals surface area contributed by atoms with Gasteiger partial charge in [0.2, 0.25) is 0 Å². The summed E-state index contributed by atoms with van der Waals surface area (Å²) in [7, 11) is 1.69. The highest BCUT2D eigenvalue weighted by Crippen LogP contribution is 2.25. The molecule has 0 aliphatic rings. The average molecular weight is 316 g/mol. The van der Waals surface area contributed by atoms with E-state index in [9.17, 15) is 0 Å². The molecule has 4 heteroatoms. The van der Waals surface area contributed by atoms with Crippen molar-refractivity contribution in [3.05, 3.63) is 46.8 Å². The predicted octanol–water partition coefficient (Wildman–Crippen LogP) is 4.58. The van der Waals surface area contributed by atoms with E-state index in [0.717, 1.165) is 35.1 Å². The number of benzene rings is 1. The van der Waals surface area contributed by atoms with Crippen molar-refractivity contribution in [3.8, 4) is 5.75 Å². The second-order valence-electron chi connectivity index (χ2n) is 5.52. The van der Waals surface area contributed by atoms with Gasteiger partial charge >= 0.3 is 0 Å². The number of nitrogens with zero attached hydrogens (tertiary/aromatic N) is 2. The first-order chi connectivity index (χ1) is 10.5. The smallest absolute Gasteiger partial charge is 0.188 e. The van der Waals surface area contributed by atoms with E-state index < -0.39 is 0 Å². The summed E-state index contributed by atoms with van der Waals surface area (Å²) < 4.78 is 5.20. The number of hydrogen-bond acceptors (Lipinski definition) is 4. The minimum Gasteiger partial charge on any atom is -0.497 e. The highest BCUT2D eigenvalue weighted by atomic mass is 32.2. The third-order valence-electron chi connectivity index (χ3n) is 3.82. The van der Waals surface area contributed by atoms with Crippen molar-refractivity contribution in [2.75, 3.05) is 7.11 Å². The van der Waals surface area contributed by atoms with Crippen molar-refractivity contribution in [1.29, 1.82) is 0 Å². The van der Waals surface area contributed by atoms with Crippen molar-refractivity contribution < 1.29 is 4.74 Å². The highest BCUT2D eigenvalue weighted by molar-refractivity contribution is 7.99. The van der Waals surface area contributed by atoms with Crippen LogP contribution in [0, 0.1) is 13.8 Å². The number of aromatic nitrogens is 2. The van der Waals surface area contributed by atoms with Gasteiger partial charge in [0, 0.05) is 23.1 Å². The van der Waals surface area contributed by atoms with Gasteiger partial charge in [-0.2, -0.15) is 0 Å². The van der Waals surface area contributed by atoms with Crippen LogP contribution in [0.1, 0.15) is 42.8 Å². The standard InChI is InChI=1S/C18H24N2OS/c1-6-12(2)22-18-19-13(3)17(14(4)20-18)11-15-7-9-16(21-5)10-8-15/h7-10,12H,6,11H2,1-5H3. The summed E-state index contributed by atoms with van der Waals surface area (Å²) in [4.78, 5) is 9.36. The Bertz CT molecular complexity index is 602. The van der Waals surface area contributed by atoms with Crippen LogP contribution < -0.4 is 4.74 Å². The fourth-order valence-electron chi connectivity index (χ4n) is 2.23. The van der Waals surface area contributed by atoms with E-state index in [4.69, 9.17) is 4.74 Å². The maximum absolute atomic E-state index is 5.20. The van der Waals surface area contributed by atoms with Gasteiger partial charge < -0.3 is 4.74 Å². The lowest BCUT2D eigenvalue weighted by Crippen LogP contribution is -2.05. The van der Waals surface area contributed by atoms with Gasteiger partial charge in [0.25, 0.3) is 0 Å². The number of hydrogen-bond donors (Lipinski definition) is 0. The van der Waals surface area contributed by atoms with Gasteiger partial charge in [0.15, 0.2) is 5.16 Å². The van der Waals surface area contributed by atoms with Gasteiger partial charge in [0.1, 0.15) is 5.75 Å². The Labute approximate surface area is 137 Å². The van der Waals surface area contributed by atoms with Crippen LogP contribution in [0.4, 0.5) is 0 Å². The third-order valence-corrected chi connectivity index (χ3v) is 4.95. The largest absolute Gasteiger partial charge is 0.497 e. The summed E-state index contributed by atoms with van der Waals surface area (Å²) >= 11 is 1.75. The zero-order chi connectivity index (χ0) is 16.1. The molecule has 0 bridgehead atoms. The molecule has 0 aliphatic carbocycles. The fraction of sp³-hybridized carbons (Fsp3) is 0.444. The summed E-state index contributed by atoms with van der Waals surface area (Å²) in [6.07, 6.45) is 1.98. The number of aryl methyl sites for hydroxylation is 2. The monoisotopic (exact) mass is 316 g/mol. The Balaban J connectivity index is 2.20. The van der Waals surface area contributed by atoms with Gasteiger partial charge in [-0.15, -0.1) is 0 Å². The van der Waals surface area contributed by atoms with Crippen molar-refractivity contribution in [2.45, 2.75) is 50.9 Å². The molecule has 1 aromatic heterocycles. The second kappa shape index (κ2) is 7.63. The second-order valence-corrected chi connectivity index (χ2v) is 6.92. The van der Waals surface area contributed by atoms with E-state index in [2.05, 4.69) is 49.8 Å². The van der Waals surface area contributed by atoms with E-state index in [-0.39, 0.29) is 0 Å². The minimum atomic E-state index is 0.547. The van der Waals surface area contributed by atoms with E-state index >= 15 is 0 Å². The molecule has 22 heavy (non-hydrogen) atoms. The summed E-state index contributed by atoms with van der Waals surface area (Å²) in [5.74, 6) is 0.883. The molecule has 118 valence electrons. The van der Waals surface area contributed by atoms with E-state index in [1.165, 1.54) is 11.1 Å². The number of rotatable bonds is 6. The van der Waals surface area contributed by atoms with Crippen LogP contribution in [0.25, 0.3) is 0 Å². The zero-order valence-electron chi connectivity index (χ0n) is 14.0. The molecule has 0 radical (unpaired) electrons. The van der Waals surface area contributed by atoms with E-state index in [1.54, 1.807) is 18.9 Å². The van der Waals surface area contributed by atoms with Crippen LogP contribution in [0.15, 0.2) is 29.4 Å². The Hall–Kier alpha value is -1.55. The summed E-state index contributed by atoms with van der Waals surface area (Å²) in [6.45, 7) is 8.56. The van der Waals surface area contributed by atoms with Crippen LogP contribution in [0.5, 0.6) is 5.75 Å². The molecule has 3 nitrogen and oxygen atoms in total. The Morgan fingerprint density at radius 3 is 2.18 bits per heavy atom. The normalized spacial score (nSPS) is 12.2. The lowest BCUT2D eigenvalue weighted by atomic mass is 10.0. The first kappa shape index (κ1) is 16.8. The topological polar surface area (TPSA) is 35.0 Å². The molecule has 0 saturated carbocycles. The van der Waals surface area contributed by atoms with Crippen molar-refractivity contribution >= 4 is 11.8 Å². The number of ether oxygens (including phenoxy) is 1. The maximum Gasteiger partial charge on any atom is 0.188 e. The van der Waals surface area contributed by atoms with Gasteiger partial charge in [-0.25, -0.2) is 9.97 Å². The van der Waals surface area contributed by atoms with Crippen LogP contribution in [-0.4, -0.2) is 22.3 Å². The first-order valence-corrected chi connectivity index (χ1v) is 8.55. The minimum absolute atomic E-state index is 0.547. The molecule has 1 atom stereocenters. The Kier molecular flexibility index (Phi) is 5.83. The van der Waals surface area contributed by atoms with Crippen LogP contribution in [0.3, 0.4) is 0 Å². The molecule has 0 saturated heterocycles. The summed E-state index contributed by atoms with van der Waals surface area (Å²) in [5, 5.41) is 1.44. The van der Waals surface area contributed by atoms with E-state index in [0.29, 0.717) is 5.25 Å². The van der Waals surface area contributed by atoms with Gasteiger partial charge in [0.05, 0.1) is 7.11 Å². The van der Waals surface area contributed by atoms with Crippen molar-refractivity contribution in [1.82, 2.24) is 9.97 Å². The molecule has 2 aromatic rings. The van der Waals surface area contributed by atoms with Gasteiger partial charge in [-0.3, -0.25) is 0 Å². The van der Waals surface area contributed by atoms with Crippen molar-refractivity contribution in [2.24, 2.45) is 0 Å². The molecule has 1 aromatic carbocycles. The third kappa shape index (κ3) is 4.23. The Morgan fingerprint density at radius 2 is 1.68 bits per heavy atom. The average Bonchev–Trinajstić information content (AvgIpc) is 2.51. The quantitative estimate of drug-likeness (QED) is 0.577. The van der Waals surface area contributed by atoms with Gasteiger partial charge in [-0.05, 0) is 43.5 Å². The lowest BCUT2D eigenvalue weighted by molar-refractivity contribution is 0.414. The Morgan fingerprint density at radius 1 is 1.09 bits per heavy atom. The maximum atomic E-state index is 5.20. The molecular weight excluding hydrogens is 292 g/mol. The lowest BCUT2D eigenvalue weighted by Gasteiger charge is -2.13. The SMILES string of the molecule is CCC(C)Sc1nc(C)c(Cc2ccc(OC)cc2)c(C)n1. The van der Waals surface area contributed by atoms with Crippen LogP contribution in [0.2, 0.25) is 0 Å². The number of thioether (sulfide) groups is 1. The molecule has 1 heterocycles. The number of methoxy groups -OCH3 is 1. The molecule has 1 unspecified atom stereocenters. The molecule has 0 aliphatic heterocycles. The van der Waals surface area contributed by atoms with E-state index in [1.807, 2.05) is 12.1 Å². The molecule has 2 rings (SSSR count). The summed E-state index contributed by atoms with van der Waals surface area (Å²) in [5.41, 5.74) is 4.62. The zero-order valence-corrected chi connectivity index (χ0v) is 14.8. The van der Waals surface area contributed by atoms with Crippen LogP contribution >= 0.6 is 11.8 Å².